The van der Waals surface area contributed by atoms with Crippen LogP contribution >= 0.6 is 15.9 Å². The molecule has 1 atom stereocenters. The molecule has 1 amide bonds. The minimum Gasteiger partial charge on any atom is -0.460 e. The molecule has 6 heteroatoms. The van der Waals surface area contributed by atoms with Gasteiger partial charge in [0, 0.05) is 10.0 Å². The van der Waals surface area contributed by atoms with Crippen LogP contribution in [0.25, 0.3) is 0 Å². The van der Waals surface area contributed by atoms with Crippen LogP contribution in [0.3, 0.4) is 0 Å². The summed E-state index contributed by atoms with van der Waals surface area (Å²) in [4.78, 5) is 24.2. The molecule has 0 radical (unpaired) electrons. The van der Waals surface area contributed by atoms with Crippen LogP contribution < -0.4 is 5.32 Å². The van der Waals surface area contributed by atoms with E-state index in [1.54, 1.807) is 26.8 Å². The number of benzene rings is 1. The van der Waals surface area contributed by atoms with E-state index < -0.39 is 29.5 Å². The smallest absolute Gasteiger partial charge is 0.310 e. The van der Waals surface area contributed by atoms with E-state index in [-0.39, 0.29) is 0 Å². The monoisotopic (exact) mass is 385 g/mol. The Morgan fingerprint density at radius 3 is 2.43 bits per heavy atom. The molecule has 2 rings (SSSR count). The third kappa shape index (κ3) is 4.12. The van der Waals surface area contributed by atoms with Gasteiger partial charge in [-0.05, 0) is 39.3 Å². The molecule has 0 saturated heterocycles. The van der Waals surface area contributed by atoms with E-state index in [0.717, 1.165) is 5.56 Å². The SMILES string of the molecule is CC.Cc1ccc(Br)c2c1NC(=O)C2(O)CC(=O)OC(C)(C)C. The first kappa shape index (κ1) is 19.6. The molecule has 1 unspecified atom stereocenters. The minimum absolute atomic E-state index is 0.387. The van der Waals surface area contributed by atoms with Gasteiger partial charge in [0.1, 0.15) is 5.60 Å². The summed E-state index contributed by atoms with van der Waals surface area (Å²) in [6.07, 6.45) is -0.425. The largest absolute Gasteiger partial charge is 0.460 e. The van der Waals surface area contributed by atoms with E-state index in [2.05, 4.69) is 21.2 Å². The van der Waals surface area contributed by atoms with Crippen molar-refractivity contribution in [1.82, 2.24) is 0 Å². The number of hydrogen-bond acceptors (Lipinski definition) is 4. The first-order valence-corrected chi connectivity index (χ1v) is 8.39. The summed E-state index contributed by atoms with van der Waals surface area (Å²) in [6.45, 7) is 11.0. The number of rotatable bonds is 2. The number of nitrogens with one attached hydrogen (secondary N) is 1. The van der Waals surface area contributed by atoms with E-state index in [1.807, 2.05) is 26.8 Å². The van der Waals surface area contributed by atoms with Crippen LogP contribution in [0.4, 0.5) is 5.69 Å². The van der Waals surface area contributed by atoms with Crippen LogP contribution in [-0.2, 0) is 19.9 Å². The Balaban J connectivity index is 0.00000127. The third-order valence-corrected chi connectivity index (χ3v) is 3.87. The van der Waals surface area contributed by atoms with E-state index in [1.165, 1.54) is 0 Å². The second kappa shape index (κ2) is 7.01. The maximum absolute atomic E-state index is 12.2. The summed E-state index contributed by atoms with van der Waals surface area (Å²) in [5.74, 6) is -1.24. The summed E-state index contributed by atoms with van der Waals surface area (Å²) in [6, 6.07) is 3.57. The Kier molecular flexibility index (Phi) is 5.99. The quantitative estimate of drug-likeness (QED) is 0.761. The summed E-state index contributed by atoms with van der Waals surface area (Å²) in [5, 5.41) is 13.4. The van der Waals surface area contributed by atoms with Crippen molar-refractivity contribution >= 4 is 33.5 Å². The highest BCUT2D eigenvalue weighted by Gasteiger charge is 2.49. The Bertz CT molecular complexity index is 622. The zero-order valence-corrected chi connectivity index (χ0v) is 16.0. The normalized spacial score (nSPS) is 19.4. The van der Waals surface area contributed by atoms with Gasteiger partial charge in [0.25, 0.3) is 5.91 Å². The van der Waals surface area contributed by atoms with E-state index in [9.17, 15) is 14.7 Å². The summed E-state index contributed by atoms with van der Waals surface area (Å²) < 4.78 is 5.78. The average molecular weight is 386 g/mol. The Morgan fingerprint density at radius 1 is 1.35 bits per heavy atom. The van der Waals surface area contributed by atoms with Crippen molar-refractivity contribution in [1.29, 1.82) is 0 Å². The standard InChI is InChI=1S/C15H18BrNO4.C2H6/c1-8-5-6-9(16)11-12(8)17-13(19)15(11,20)7-10(18)21-14(2,3)4;1-2/h5-6,20H,7H2,1-4H3,(H,17,19);1-2H3. The zero-order chi connectivity index (χ0) is 18.0. The van der Waals surface area contributed by atoms with Crippen molar-refractivity contribution in [3.05, 3.63) is 27.7 Å². The van der Waals surface area contributed by atoms with E-state index in [4.69, 9.17) is 4.74 Å². The lowest BCUT2D eigenvalue weighted by atomic mass is 9.91. The van der Waals surface area contributed by atoms with E-state index in [0.29, 0.717) is 15.7 Å². The van der Waals surface area contributed by atoms with Crippen molar-refractivity contribution in [2.24, 2.45) is 0 Å². The molecule has 0 spiro atoms. The number of amides is 1. The molecule has 0 bridgehead atoms. The number of hydrogen-bond donors (Lipinski definition) is 2. The van der Waals surface area contributed by atoms with Gasteiger partial charge in [-0.3, -0.25) is 9.59 Å². The van der Waals surface area contributed by atoms with Gasteiger partial charge in [0.2, 0.25) is 0 Å². The van der Waals surface area contributed by atoms with Crippen LogP contribution in [-0.4, -0.2) is 22.6 Å². The van der Waals surface area contributed by atoms with Gasteiger partial charge >= 0.3 is 5.97 Å². The van der Waals surface area contributed by atoms with Crippen LogP contribution in [0.15, 0.2) is 16.6 Å². The molecular formula is C17H24BrNO4. The lowest BCUT2D eigenvalue weighted by Gasteiger charge is -2.25. The maximum Gasteiger partial charge on any atom is 0.310 e. The molecular weight excluding hydrogens is 362 g/mol. The molecule has 2 N–H and O–H groups in total. The average Bonchev–Trinajstić information content (AvgIpc) is 2.67. The molecule has 0 aliphatic carbocycles. The Hall–Kier alpha value is -1.40. The number of esters is 1. The fourth-order valence-electron chi connectivity index (χ4n) is 2.33. The predicted octanol–water partition coefficient (Wildman–Crippen LogP) is 3.66. The molecule has 1 aromatic rings. The summed E-state index contributed by atoms with van der Waals surface area (Å²) in [7, 11) is 0. The predicted molar refractivity (Wildman–Crippen MR) is 93.2 cm³/mol. The second-order valence-corrected chi connectivity index (χ2v) is 7.05. The number of anilines is 1. The van der Waals surface area contributed by atoms with Crippen LogP contribution in [0, 0.1) is 6.92 Å². The Labute approximate surface area is 145 Å². The number of ether oxygens (including phenoxy) is 1. The number of aryl methyl sites for hydroxylation is 1. The van der Waals surface area contributed by atoms with Crippen LogP contribution in [0.2, 0.25) is 0 Å². The molecule has 23 heavy (non-hydrogen) atoms. The number of aliphatic hydroxyl groups is 1. The van der Waals surface area contributed by atoms with Gasteiger partial charge < -0.3 is 15.2 Å². The molecule has 1 heterocycles. The molecule has 5 nitrogen and oxygen atoms in total. The van der Waals surface area contributed by atoms with Gasteiger partial charge in [-0.25, -0.2) is 0 Å². The fourth-order valence-corrected chi connectivity index (χ4v) is 2.99. The highest BCUT2D eigenvalue weighted by atomic mass is 79.9. The lowest BCUT2D eigenvalue weighted by Crippen LogP contribution is -2.38. The fraction of sp³-hybridized carbons (Fsp3) is 0.529. The van der Waals surface area contributed by atoms with Crippen molar-refractivity contribution in [2.45, 2.75) is 59.2 Å². The maximum atomic E-state index is 12.2. The first-order valence-electron chi connectivity index (χ1n) is 7.60. The van der Waals surface area contributed by atoms with Crippen molar-refractivity contribution in [3.63, 3.8) is 0 Å². The Morgan fingerprint density at radius 2 is 1.91 bits per heavy atom. The molecule has 0 fully saturated rings. The zero-order valence-electron chi connectivity index (χ0n) is 14.4. The molecule has 0 saturated carbocycles. The van der Waals surface area contributed by atoms with Crippen LogP contribution in [0.1, 0.15) is 52.2 Å². The van der Waals surface area contributed by atoms with Gasteiger partial charge in [0.05, 0.1) is 12.1 Å². The highest BCUT2D eigenvalue weighted by molar-refractivity contribution is 9.10. The minimum atomic E-state index is -1.91. The summed E-state index contributed by atoms with van der Waals surface area (Å²) in [5.41, 5.74) is -0.835. The third-order valence-electron chi connectivity index (χ3n) is 3.21. The topological polar surface area (TPSA) is 75.6 Å². The van der Waals surface area contributed by atoms with Crippen molar-refractivity contribution in [2.75, 3.05) is 5.32 Å². The number of fused-ring (bicyclic) bond motifs is 1. The number of carbonyl (C=O) groups is 2. The molecule has 1 aromatic carbocycles. The second-order valence-electron chi connectivity index (χ2n) is 6.19. The number of halogens is 1. The van der Waals surface area contributed by atoms with Crippen LogP contribution in [0.5, 0.6) is 0 Å². The lowest BCUT2D eigenvalue weighted by molar-refractivity contribution is -0.163. The van der Waals surface area contributed by atoms with E-state index >= 15 is 0 Å². The van der Waals surface area contributed by atoms with Crippen molar-refractivity contribution < 1.29 is 19.4 Å². The summed E-state index contributed by atoms with van der Waals surface area (Å²) >= 11 is 3.33. The first-order chi connectivity index (χ1) is 10.5. The van der Waals surface area contributed by atoms with Gasteiger partial charge in [-0.2, -0.15) is 0 Å². The van der Waals surface area contributed by atoms with Crippen molar-refractivity contribution in [3.8, 4) is 0 Å². The molecule has 1 aliphatic rings. The molecule has 0 aromatic heterocycles. The molecule has 1 aliphatic heterocycles. The van der Waals surface area contributed by atoms with Gasteiger partial charge in [-0.1, -0.05) is 35.8 Å². The number of carbonyl (C=O) groups excluding carboxylic acids is 2. The van der Waals surface area contributed by atoms with Gasteiger partial charge in [-0.15, -0.1) is 0 Å². The highest BCUT2D eigenvalue weighted by Crippen LogP contribution is 2.44. The van der Waals surface area contributed by atoms with Gasteiger partial charge in [0.15, 0.2) is 5.60 Å². The molecule has 128 valence electrons.